The molecule has 0 aliphatic rings. The molecule has 5 nitrogen and oxygen atoms in total. The number of anilines is 1. The Labute approximate surface area is 169 Å². The van der Waals surface area contributed by atoms with Gasteiger partial charge in [-0.1, -0.05) is 41.9 Å². The van der Waals surface area contributed by atoms with Gasteiger partial charge in [0.05, 0.1) is 0 Å². The van der Waals surface area contributed by atoms with Gasteiger partial charge in [0.25, 0.3) is 0 Å². The second kappa shape index (κ2) is 8.20. The van der Waals surface area contributed by atoms with Crippen LogP contribution in [0, 0.1) is 0 Å². The Hall–Kier alpha value is -2.57. The lowest BCUT2D eigenvalue weighted by atomic mass is 10.0. The van der Waals surface area contributed by atoms with Gasteiger partial charge in [-0.05, 0) is 47.9 Å². The summed E-state index contributed by atoms with van der Waals surface area (Å²) in [7, 11) is 0. The lowest BCUT2D eigenvalue weighted by Crippen LogP contribution is -2.45. The van der Waals surface area contributed by atoms with E-state index in [2.05, 4.69) is 52.0 Å². The summed E-state index contributed by atoms with van der Waals surface area (Å²) in [6, 6.07) is 20.7. The van der Waals surface area contributed by atoms with Crippen LogP contribution in [0.4, 0.5) is 5.69 Å². The van der Waals surface area contributed by atoms with Crippen LogP contribution >= 0.6 is 11.6 Å². The van der Waals surface area contributed by atoms with Crippen molar-refractivity contribution in [1.82, 2.24) is 10.3 Å². The summed E-state index contributed by atoms with van der Waals surface area (Å²) >= 11 is 6.25. The zero-order valence-electron chi connectivity index (χ0n) is 15.5. The summed E-state index contributed by atoms with van der Waals surface area (Å²) in [4.78, 5) is 3.54. The summed E-state index contributed by atoms with van der Waals surface area (Å²) in [5.41, 5.74) is 16.9. The second-order valence-corrected chi connectivity index (χ2v) is 7.38. The van der Waals surface area contributed by atoms with Crippen molar-refractivity contribution in [2.75, 3.05) is 11.9 Å². The molecule has 3 aromatic carbocycles. The third-order valence-electron chi connectivity index (χ3n) is 4.87. The van der Waals surface area contributed by atoms with Crippen molar-refractivity contribution in [2.45, 2.75) is 19.3 Å². The number of halogens is 1. The van der Waals surface area contributed by atoms with Gasteiger partial charge in [-0.25, -0.2) is 0 Å². The zero-order valence-corrected chi connectivity index (χ0v) is 16.3. The molecule has 0 saturated heterocycles. The predicted octanol–water partition coefficient (Wildman–Crippen LogP) is 3.92. The molecule has 0 saturated carbocycles. The lowest BCUT2D eigenvalue weighted by molar-refractivity contribution is 0.548. The van der Waals surface area contributed by atoms with Crippen LogP contribution in [0.3, 0.4) is 0 Å². The number of benzene rings is 3. The van der Waals surface area contributed by atoms with E-state index in [1.807, 2.05) is 24.3 Å². The van der Waals surface area contributed by atoms with E-state index in [-0.39, 0.29) is 0 Å². The summed E-state index contributed by atoms with van der Waals surface area (Å²) in [5, 5.41) is 9.63. The fraction of sp³-hybridized carbons (Fsp3) is 0.182. The maximum atomic E-state index is 6.25. The van der Waals surface area contributed by atoms with E-state index >= 15 is 0 Å². The SMILES string of the molecule is NC(N)NCCc1cc(NCc2ccccc2)cc2c1[nH]c1ccc(Cl)cc12. The molecule has 4 aromatic rings. The first kappa shape index (κ1) is 18.8. The molecule has 144 valence electrons. The van der Waals surface area contributed by atoms with E-state index < -0.39 is 6.29 Å². The van der Waals surface area contributed by atoms with Crippen LogP contribution in [0.2, 0.25) is 5.02 Å². The molecule has 0 atom stereocenters. The largest absolute Gasteiger partial charge is 0.381 e. The standard InChI is InChI=1S/C22H24ClN5/c23-16-6-7-20-18(11-16)19-12-17(27-13-14-4-2-1-3-5-14)10-15(21(19)28-20)8-9-26-22(24)25/h1-7,10-12,22,26-28H,8-9,13,24-25H2. The van der Waals surface area contributed by atoms with E-state index in [0.717, 1.165) is 45.5 Å². The highest BCUT2D eigenvalue weighted by molar-refractivity contribution is 6.31. The molecule has 1 aromatic heterocycles. The summed E-state index contributed by atoms with van der Waals surface area (Å²) in [5.74, 6) is 0. The van der Waals surface area contributed by atoms with Crippen LogP contribution in [0.15, 0.2) is 60.7 Å². The number of aromatic amines is 1. The van der Waals surface area contributed by atoms with Gasteiger partial charge in [0.1, 0.15) is 6.29 Å². The van der Waals surface area contributed by atoms with Crippen molar-refractivity contribution in [2.24, 2.45) is 11.5 Å². The fourth-order valence-corrected chi connectivity index (χ4v) is 3.69. The molecule has 4 rings (SSSR count). The highest BCUT2D eigenvalue weighted by atomic mass is 35.5. The second-order valence-electron chi connectivity index (χ2n) is 6.94. The Morgan fingerprint density at radius 2 is 1.79 bits per heavy atom. The van der Waals surface area contributed by atoms with Crippen LogP contribution in [0.25, 0.3) is 21.8 Å². The van der Waals surface area contributed by atoms with Gasteiger partial charge < -0.3 is 21.8 Å². The Morgan fingerprint density at radius 1 is 0.964 bits per heavy atom. The molecule has 0 aliphatic heterocycles. The summed E-state index contributed by atoms with van der Waals surface area (Å²) in [6.07, 6.45) is 0.291. The van der Waals surface area contributed by atoms with Gasteiger partial charge in [0, 0.05) is 45.6 Å². The van der Waals surface area contributed by atoms with E-state index in [0.29, 0.717) is 6.54 Å². The predicted molar refractivity (Wildman–Crippen MR) is 118 cm³/mol. The molecule has 0 radical (unpaired) electrons. The normalized spacial score (nSPS) is 11.6. The minimum absolute atomic E-state index is 0.517. The molecule has 0 fully saturated rings. The molecule has 6 heteroatoms. The topological polar surface area (TPSA) is 91.9 Å². The molecule has 0 spiro atoms. The van der Waals surface area contributed by atoms with Crippen LogP contribution in [0.5, 0.6) is 0 Å². The first-order valence-corrected chi connectivity index (χ1v) is 9.74. The first-order chi connectivity index (χ1) is 13.6. The Bertz CT molecular complexity index is 1090. The molecular weight excluding hydrogens is 370 g/mol. The smallest absolute Gasteiger partial charge is 0.106 e. The van der Waals surface area contributed by atoms with E-state index in [1.165, 1.54) is 11.1 Å². The lowest BCUT2D eigenvalue weighted by Gasteiger charge is -2.12. The van der Waals surface area contributed by atoms with Crippen molar-refractivity contribution in [3.63, 3.8) is 0 Å². The van der Waals surface area contributed by atoms with Crippen molar-refractivity contribution < 1.29 is 0 Å². The van der Waals surface area contributed by atoms with Crippen molar-refractivity contribution in [3.05, 3.63) is 76.8 Å². The van der Waals surface area contributed by atoms with Gasteiger partial charge in [0.2, 0.25) is 0 Å². The Kier molecular flexibility index (Phi) is 5.50. The van der Waals surface area contributed by atoms with Gasteiger partial charge >= 0.3 is 0 Å². The zero-order chi connectivity index (χ0) is 19.5. The maximum absolute atomic E-state index is 6.25. The van der Waals surface area contributed by atoms with Crippen LogP contribution in [0.1, 0.15) is 11.1 Å². The highest BCUT2D eigenvalue weighted by Gasteiger charge is 2.11. The summed E-state index contributed by atoms with van der Waals surface area (Å²) in [6.45, 7) is 1.46. The molecule has 0 aliphatic carbocycles. The average molecular weight is 394 g/mol. The Balaban J connectivity index is 1.71. The van der Waals surface area contributed by atoms with Gasteiger partial charge in [-0.2, -0.15) is 0 Å². The molecule has 0 unspecified atom stereocenters. The van der Waals surface area contributed by atoms with Crippen LogP contribution < -0.4 is 22.1 Å². The van der Waals surface area contributed by atoms with E-state index in [4.69, 9.17) is 23.1 Å². The maximum Gasteiger partial charge on any atom is 0.106 e. The molecule has 1 heterocycles. The number of nitrogens with one attached hydrogen (secondary N) is 3. The Morgan fingerprint density at radius 3 is 2.57 bits per heavy atom. The van der Waals surface area contributed by atoms with E-state index in [9.17, 15) is 0 Å². The molecule has 0 amide bonds. The number of hydrogen-bond acceptors (Lipinski definition) is 4. The quantitative estimate of drug-likeness (QED) is 0.308. The van der Waals surface area contributed by atoms with Crippen molar-refractivity contribution >= 4 is 39.1 Å². The number of fused-ring (bicyclic) bond motifs is 3. The minimum atomic E-state index is -0.517. The minimum Gasteiger partial charge on any atom is -0.381 e. The average Bonchev–Trinajstić information content (AvgIpc) is 3.05. The van der Waals surface area contributed by atoms with Crippen LogP contribution in [-0.2, 0) is 13.0 Å². The number of rotatable bonds is 7. The fourth-order valence-electron chi connectivity index (χ4n) is 3.52. The van der Waals surface area contributed by atoms with Crippen molar-refractivity contribution in [3.8, 4) is 0 Å². The number of H-pyrrole nitrogens is 1. The number of aromatic nitrogens is 1. The molecule has 7 N–H and O–H groups in total. The molecule has 28 heavy (non-hydrogen) atoms. The van der Waals surface area contributed by atoms with Crippen molar-refractivity contribution in [1.29, 1.82) is 0 Å². The van der Waals surface area contributed by atoms with Gasteiger partial charge in [-0.3, -0.25) is 5.32 Å². The van der Waals surface area contributed by atoms with Gasteiger partial charge in [0.15, 0.2) is 0 Å². The third-order valence-corrected chi connectivity index (χ3v) is 5.10. The van der Waals surface area contributed by atoms with E-state index in [1.54, 1.807) is 0 Å². The number of hydrogen-bond donors (Lipinski definition) is 5. The molecule has 0 bridgehead atoms. The highest BCUT2D eigenvalue weighted by Crippen LogP contribution is 2.32. The monoisotopic (exact) mass is 393 g/mol. The van der Waals surface area contributed by atoms with Crippen LogP contribution in [-0.4, -0.2) is 17.8 Å². The van der Waals surface area contributed by atoms with Gasteiger partial charge in [-0.15, -0.1) is 0 Å². The first-order valence-electron chi connectivity index (χ1n) is 9.36. The third kappa shape index (κ3) is 4.13. The summed E-state index contributed by atoms with van der Waals surface area (Å²) < 4.78 is 0. The molecular formula is C22H24ClN5. The number of nitrogens with two attached hydrogens (primary N) is 2.